The summed E-state index contributed by atoms with van der Waals surface area (Å²) in [5.41, 5.74) is 2.09. The largest absolute Gasteiger partial charge is 0.454 e. The second-order valence-corrected chi connectivity index (χ2v) is 5.47. The van der Waals surface area contributed by atoms with Gasteiger partial charge in [0.1, 0.15) is 0 Å². The maximum Gasteiger partial charge on any atom is 0.231 e. The Labute approximate surface area is 124 Å². The lowest BCUT2D eigenvalue weighted by Crippen LogP contribution is -1.99. The molecule has 0 spiro atoms. The maximum absolute atomic E-state index is 5.94. The van der Waals surface area contributed by atoms with Crippen LogP contribution in [-0.4, -0.2) is 6.79 Å². The number of fused-ring (bicyclic) bond motifs is 1. The molecule has 2 aromatic carbocycles. The Bertz CT molecular complexity index is 618. The smallest absolute Gasteiger partial charge is 0.231 e. The highest BCUT2D eigenvalue weighted by Gasteiger charge is 2.17. The van der Waals surface area contributed by atoms with Crippen LogP contribution in [0.1, 0.15) is 5.56 Å². The van der Waals surface area contributed by atoms with Gasteiger partial charge in [-0.2, -0.15) is 0 Å². The first-order valence-electron chi connectivity index (χ1n) is 5.80. The van der Waals surface area contributed by atoms with Crippen LogP contribution in [-0.2, 0) is 6.54 Å². The number of rotatable bonds is 3. The molecule has 1 aliphatic heterocycles. The highest BCUT2D eigenvalue weighted by molar-refractivity contribution is 9.10. The van der Waals surface area contributed by atoms with Gasteiger partial charge >= 0.3 is 0 Å². The van der Waals surface area contributed by atoms with Crippen LogP contribution in [0.5, 0.6) is 11.5 Å². The van der Waals surface area contributed by atoms with E-state index in [1.165, 1.54) is 0 Å². The molecule has 0 atom stereocenters. The summed E-state index contributed by atoms with van der Waals surface area (Å²) in [6.07, 6.45) is 0. The van der Waals surface area contributed by atoms with Crippen LogP contribution in [0.25, 0.3) is 0 Å². The molecule has 5 heteroatoms. The summed E-state index contributed by atoms with van der Waals surface area (Å²) < 4.78 is 11.7. The first-order valence-corrected chi connectivity index (χ1v) is 6.97. The van der Waals surface area contributed by atoms with Crippen LogP contribution < -0.4 is 14.8 Å². The fourth-order valence-corrected chi connectivity index (χ4v) is 2.72. The van der Waals surface area contributed by atoms with Crippen molar-refractivity contribution >= 4 is 33.2 Å². The lowest BCUT2D eigenvalue weighted by Gasteiger charge is -2.08. The van der Waals surface area contributed by atoms with E-state index in [2.05, 4.69) is 21.2 Å². The van der Waals surface area contributed by atoms with Gasteiger partial charge in [0.15, 0.2) is 11.5 Å². The van der Waals surface area contributed by atoms with Crippen molar-refractivity contribution in [2.75, 3.05) is 12.1 Å². The quantitative estimate of drug-likeness (QED) is 0.896. The van der Waals surface area contributed by atoms with E-state index in [0.717, 1.165) is 32.2 Å². The molecule has 3 nitrogen and oxygen atoms in total. The van der Waals surface area contributed by atoms with Crippen molar-refractivity contribution in [3.05, 3.63) is 51.5 Å². The van der Waals surface area contributed by atoms with Crippen molar-refractivity contribution in [1.29, 1.82) is 0 Å². The summed E-state index contributed by atoms with van der Waals surface area (Å²) >= 11 is 9.43. The first kappa shape index (κ1) is 12.6. The van der Waals surface area contributed by atoms with Crippen molar-refractivity contribution in [2.24, 2.45) is 0 Å². The Morgan fingerprint density at radius 3 is 2.95 bits per heavy atom. The fraction of sp³-hybridized carbons (Fsp3) is 0.143. The fourth-order valence-electron chi connectivity index (χ4n) is 1.93. The standard InChI is InChI=1S/C14H11BrClNO2/c15-12-4-9(5-13-14(12)19-8-18-13)7-17-11-3-1-2-10(16)6-11/h1-6,17H,7-8H2. The number of hydrogen-bond donors (Lipinski definition) is 1. The zero-order valence-electron chi connectivity index (χ0n) is 9.95. The highest BCUT2D eigenvalue weighted by Crippen LogP contribution is 2.40. The van der Waals surface area contributed by atoms with Crippen LogP contribution in [0.2, 0.25) is 5.02 Å². The predicted molar refractivity (Wildman–Crippen MR) is 79.0 cm³/mol. The Morgan fingerprint density at radius 1 is 1.21 bits per heavy atom. The lowest BCUT2D eigenvalue weighted by molar-refractivity contribution is 0.173. The minimum absolute atomic E-state index is 0.277. The molecule has 0 radical (unpaired) electrons. The van der Waals surface area contributed by atoms with Crippen molar-refractivity contribution in [2.45, 2.75) is 6.54 Å². The molecule has 3 rings (SSSR count). The zero-order chi connectivity index (χ0) is 13.2. The molecule has 0 aliphatic carbocycles. The summed E-state index contributed by atoms with van der Waals surface area (Å²) in [5, 5.41) is 4.04. The van der Waals surface area contributed by atoms with Crippen LogP contribution >= 0.6 is 27.5 Å². The average Bonchev–Trinajstić information content (AvgIpc) is 2.85. The minimum atomic E-state index is 0.277. The van der Waals surface area contributed by atoms with Gasteiger partial charge < -0.3 is 14.8 Å². The van der Waals surface area contributed by atoms with E-state index in [9.17, 15) is 0 Å². The number of benzene rings is 2. The van der Waals surface area contributed by atoms with Gasteiger partial charge in [0.05, 0.1) is 4.47 Å². The number of hydrogen-bond acceptors (Lipinski definition) is 3. The molecule has 2 aromatic rings. The van der Waals surface area contributed by atoms with Crippen LogP contribution in [0.4, 0.5) is 5.69 Å². The Balaban J connectivity index is 1.76. The molecule has 0 unspecified atom stereocenters. The molecule has 1 N–H and O–H groups in total. The molecular formula is C14H11BrClNO2. The normalized spacial score (nSPS) is 12.5. The minimum Gasteiger partial charge on any atom is -0.454 e. The third-order valence-electron chi connectivity index (χ3n) is 2.81. The van der Waals surface area contributed by atoms with Crippen molar-refractivity contribution in [3.8, 4) is 11.5 Å². The van der Waals surface area contributed by atoms with Crippen molar-refractivity contribution < 1.29 is 9.47 Å². The van der Waals surface area contributed by atoms with Gasteiger partial charge in [-0.1, -0.05) is 17.7 Å². The molecule has 0 saturated heterocycles. The van der Waals surface area contributed by atoms with Gasteiger partial charge in [0.2, 0.25) is 6.79 Å². The van der Waals surface area contributed by atoms with Gasteiger partial charge in [-0.3, -0.25) is 0 Å². The highest BCUT2D eigenvalue weighted by atomic mass is 79.9. The van der Waals surface area contributed by atoms with Crippen molar-refractivity contribution in [1.82, 2.24) is 0 Å². The molecule has 0 bridgehead atoms. The number of anilines is 1. The Kier molecular flexibility index (Phi) is 3.53. The third kappa shape index (κ3) is 2.80. The van der Waals surface area contributed by atoms with E-state index in [4.69, 9.17) is 21.1 Å². The van der Waals surface area contributed by atoms with E-state index < -0.39 is 0 Å². The third-order valence-corrected chi connectivity index (χ3v) is 3.63. The molecule has 0 fully saturated rings. The molecule has 19 heavy (non-hydrogen) atoms. The zero-order valence-corrected chi connectivity index (χ0v) is 12.3. The molecule has 1 aliphatic rings. The molecule has 0 saturated carbocycles. The van der Waals surface area contributed by atoms with E-state index in [-0.39, 0.29) is 6.79 Å². The summed E-state index contributed by atoms with van der Waals surface area (Å²) in [5.74, 6) is 1.55. The first-order chi connectivity index (χ1) is 9.22. The Morgan fingerprint density at radius 2 is 2.11 bits per heavy atom. The molecule has 0 aromatic heterocycles. The van der Waals surface area contributed by atoms with Gasteiger partial charge in [-0.25, -0.2) is 0 Å². The maximum atomic E-state index is 5.94. The monoisotopic (exact) mass is 339 g/mol. The molecule has 98 valence electrons. The van der Waals surface area contributed by atoms with Crippen molar-refractivity contribution in [3.63, 3.8) is 0 Å². The number of nitrogens with one attached hydrogen (secondary N) is 1. The molecule has 1 heterocycles. The van der Waals surface area contributed by atoms with E-state index in [1.807, 2.05) is 36.4 Å². The SMILES string of the molecule is Clc1cccc(NCc2cc(Br)c3c(c2)OCO3)c1. The van der Waals surface area contributed by atoms with Gasteiger partial charge in [0.25, 0.3) is 0 Å². The van der Waals surface area contributed by atoms with E-state index in [1.54, 1.807) is 0 Å². The van der Waals surface area contributed by atoms with E-state index in [0.29, 0.717) is 6.54 Å². The topological polar surface area (TPSA) is 30.5 Å². The lowest BCUT2D eigenvalue weighted by atomic mass is 10.2. The average molecular weight is 341 g/mol. The summed E-state index contributed by atoms with van der Waals surface area (Å²) in [7, 11) is 0. The predicted octanol–water partition coefficient (Wildman–Crippen LogP) is 4.44. The van der Waals surface area contributed by atoms with Gasteiger partial charge in [-0.15, -0.1) is 0 Å². The second-order valence-electron chi connectivity index (χ2n) is 4.18. The molecular weight excluding hydrogens is 330 g/mol. The van der Waals surface area contributed by atoms with E-state index >= 15 is 0 Å². The van der Waals surface area contributed by atoms with Gasteiger partial charge in [-0.05, 0) is 51.8 Å². The summed E-state index contributed by atoms with van der Waals surface area (Å²) in [6.45, 7) is 0.967. The molecule has 0 amide bonds. The summed E-state index contributed by atoms with van der Waals surface area (Å²) in [4.78, 5) is 0. The van der Waals surface area contributed by atoms with Crippen LogP contribution in [0, 0.1) is 0 Å². The van der Waals surface area contributed by atoms with Gasteiger partial charge in [0, 0.05) is 17.3 Å². The summed E-state index contributed by atoms with van der Waals surface area (Å²) in [6, 6.07) is 11.6. The van der Waals surface area contributed by atoms with Crippen LogP contribution in [0.15, 0.2) is 40.9 Å². The second kappa shape index (κ2) is 5.31. The number of ether oxygens (including phenoxy) is 2. The Hall–Kier alpha value is -1.39. The van der Waals surface area contributed by atoms with Crippen LogP contribution in [0.3, 0.4) is 0 Å². The number of halogens is 2.